The third-order valence-corrected chi connectivity index (χ3v) is 5.77. The second-order valence-electron chi connectivity index (χ2n) is 4.95. The number of nitrogens with one attached hydrogen (secondary N) is 1. The summed E-state index contributed by atoms with van der Waals surface area (Å²) < 4.78 is 28.1. The van der Waals surface area contributed by atoms with Gasteiger partial charge in [-0.2, -0.15) is 16.4 Å². The number of rotatable bonds is 6. The van der Waals surface area contributed by atoms with Crippen molar-refractivity contribution in [3.8, 4) is 0 Å². The van der Waals surface area contributed by atoms with Gasteiger partial charge in [-0.3, -0.25) is 9.48 Å². The van der Waals surface area contributed by atoms with Gasteiger partial charge in [-0.05, 0) is 31.2 Å². The molecule has 0 aliphatic carbocycles. The van der Waals surface area contributed by atoms with Gasteiger partial charge in [0.25, 0.3) is 15.9 Å². The van der Waals surface area contributed by atoms with Gasteiger partial charge in [0.1, 0.15) is 0 Å². The van der Waals surface area contributed by atoms with Crippen molar-refractivity contribution in [2.75, 3.05) is 0 Å². The lowest BCUT2D eigenvalue weighted by Crippen LogP contribution is -2.30. The predicted molar refractivity (Wildman–Crippen MR) is 85.6 cm³/mol. The predicted octanol–water partition coefficient (Wildman–Crippen LogP) is 2.73. The maximum Gasteiger partial charge on any atom is 0.268 e. The van der Waals surface area contributed by atoms with Crippen LogP contribution in [0.25, 0.3) is 0 Å². The SMILES string of the molecule is CCC(CC)n1ncc(C(=O)NS(=O)(=O)c2ccsc2)c1C. The lowest BCUT2D eigenvalue weighted by Gasteiger charge is -2.15. The molecule has 2 aromatic rings. The van der Waals surface area contributed by atoms with E-state index in [0.29, 0.717) is 5.69 Å². The minimum Gasteiger partial charge on any atom is -0.268 e. The summed E-state index contributed by atoms with van der Waals surface area (Å²) in [5.74, 6) is -0.652. The van der Waals surface area contributed by atoms with E-state index in [4.69, 9.17) is 0 Å². The van der Waals surface area contributed by atoms with Crippen LogP contribution in [-0.2, 0) is 10.0 Å². The lowest BCUT2D eigenvalue weighted by molar-refractivity contribution is 0.0980. The summed E-state index contributed by atoms with van der Waals surface area (Å²) in [7, 11) is -3.83. The minimum atomic E-state index is -3.83. The Kier molecular flexibility index (Phi) is 5.02. The van der Waals surface area contributed by atoms with E-state index in [2.05, 4.69) is 23.7 Å². The van der Waals surface area contributed by atoms with Crippen molar-refractivity contribution in [1.82, 2.24) is 14.5 Å². The zero-order valence-corrected chi connectivity index (χ0v) is 14.4. The largest absolute Gasteiger partial charge is 0.268 e. The zero-order chi connectivity index (χ0) is 16.3. The van der Waals surface area contributed by atoms with Crippen LogP contribution < -0.4 is 4.72 Å². The molecule has 0 radical (unpaired) electrons. The Balaban J connectivity index is 2.24. The van der Waals surface area contributed by atoms with E-state index in [0.717, 1.165) is 12.8 Å². The topological polar surface area (TPSA) is 81.1 Å². The first-order valence-corrected chi connectivity index (χ1v) is 9.46. The van der Waals surface area contributed by atoms with Crippen molar-refractivity contribution in [2.24, 2.45) is 0 Å². The molecule has 0 aliphatic heterocycles. The molecule has 1 N–H and O–H groups in total. The molecule has 6 nitrogen and oxygen atoms in total. The number of thiophene rings is 1. The van der Waals surface area contributed by atoms with Crippen molar-refractivity contribution in [3.63, 3.8) is 0 Å². The minimum absolute atomic E-state index is 0.0934. The lowest BCUT2D eigenvalue weighted by atomic mass is 10.1. The highest BCUT2D eigenvalue weighted by atomic mass is 32.2. The van der Waals surface area contributed by atoms with Crippen LogP contribution in [0, 0.1) is 6.92 Å². The molecule has 1 amide bonds. The van der Waals surface area contributed by atoms with E-state index in [1.807, 2.05) is 0 Å². The molecule has 0 fully saturated rings. The van der Waals surface area contributed by atoms with Gasteiger partial charge in [-0.25, -0.2) is 13.1 Å². The molecular formula is C14H19N3O3S2. The first-order chi connectivity index (χ1) is 10.4. The average molecular weight is 341 g/mol. The van der Waals surface area contributed by atoms with E-state index < -0.39 is 15.9 Å². The highest BCUT2D eigenvalue weighted by Gasteiger charge is 2.23. The van der Waals surface area contributed by atoms with E-state index >= 15 is 0 Å². The monoisotopic (exact) mass is 341 g/mol. The molecule has 0 bridgehead atoms. The highest BCUT2D eigenvalue weighted by Crippen LogP contribution is 2.20. The van der Waals surface area contributed by atoms with Crippen molar-refractivity contribution >= 4 is 27.3 Å². The highest BCUT2D eigenvalue weighted by molar-refractivity contribution is 7.90. The van der Waals surface area contributed by atoms with E-state index in [9.17, 15) is 13.2 Å². The summed E-state index contributed by atoms with van der Waals surface area (Å²) in [6.45, 7) is 5.88. The molecule has 2 aromatic heterocycles. The van der Waals surface area contributed by atoms with Crippen LogP contribution >= 0.6 is 11.3 Å². The summed E-state index contributed by atoms with van der Waals surface area (Å²) in [6, 6.07) is 1.66. The van der Waals surface area contributed by atoms with Crippen LogP contribution in [0.3, 0.4) is 0 Å². The maximum absolute atomic E-state index is 12.2. The Morgan fingerprint density at radius 3 is 2.64 bits per heavy atom. The first-order valence-electron chi connectivity index (χ1n) is 7.04. The fraction of sp³-hybridized carbons (Fsp3) is 0.429. The first kappa shape index (κ1) is 16.7. The Morgan fingerprint density at radius 1 is 1.41 bits per heavy atom. The standard InChI is InChI=1S/C14H19N3O3S2/c1-4-11(5-2)17-10(3)13(8-15-17)14(18)16-22(19,20)12-6-7-21-9-12/h6-9,11H,4-5H2,1-3H3,(H,16,18). The molecule has 0 spiro atoms. The molecule has 0 atom stereocenters. The summed E-state index contributed by atoms with van der Waals surface area (Å²) in [5, 5.41) is 7.37. The third kappa shape index (κ3) is 3.22. The second-order valence-corrected chi connectivity index (χ2v) is 7.41. The van der Waals surface area contributed by atoms with E-state index in [-0.39, 0.29) is 16.5 Å². The fourth-order valence-electron chi connectivity index (χ4n) is 2.29. The van der Waals surface area contributed by atoms with Crippen LogP contribution in [0.5, 0.6) is 0 Å². The third-order valence-electron chi connectivity index (χ3n) is 3.61. The summed E-state index contributed by atoms with van der Waals surface area (Å²) in [4.78, 5) is 12.3. The van der Waals surface area contributed by atoms with Crippen LogP contribution in [-0.4, -0.2) is 24.1 Å². The van der Waals surface area contributed by atoms with Gasteiger partial charge in [0.15, 0.2) is 0 Å². The van der Waals surface area contributed by atoms with Gasteiger partial charge in [0.2, 0.25) is 0 Å². The van der Waals surface area contributed by atoms with Crippen molar-refractivity contribution in [1.29, 1.82) is 0 Å². The maximum atomic E-state index is 12.2. The molecule has 120 valence electrons. The average Bonchev–Trinajstić information content (AvgIpc) is 3.11. The number of amides is 1. The molecular weight excluding hydrogens is 322 g/mol. The summed E-state index contributed by atoms with van der Waals surface area (Å²) in [6.07, 6.45) is 3.21. The molecule has 2 heterocycles. The van der Waals surface area contributed by atoms with Crippen molar-refractivity contribution in [3.05, 3.63) is 34.3 Å². The Hall–Kier alpha value is -1.67. The smallest absolute Gasteiger partial charge is 0.268 e. The molecule has 8 heteroatoms. The molecule has 0 aromatic carbocycles. The van der Waals surface area contributed by atoms with Crippen molar-refractivity contribution < 1.29 is 13.2 Å². The van der Waals surface area contributed by atoms with Gasteiger partial charge in [0.05, 0.1) is 22.7 Å². The van der Waals surface area contributed by atoms with Crippen LogP contribution in [0.4, 0.5) is 0 Å². The second kappa shape index (κ2) is 6.62. The molecule has 22 heavy (non-hydrogen) atoms. The zero-order valence-electron chi connectivity index (χ0n) is 12.7. The number of hydrogen-bond donors (Lipinski definition) is 1. The molecule has 0 saturated heterocycles. The van der Waals surface area contributed by atoms with Gasteiger partial charge in [-0.1, -0.05) is 13.8 Å². The van der Waals surface area contributed by atoms with Gasteiger partial charge < -0.3 is 0 Å². The Morgan fingerprint density at radius 2 is 2.09 bits per heavy atom. The van der Waals surface area contributed by atoms with Gasteiger partial charge in [-0.15, -0.1) is 0 Å². The Bertz CT molecular complexity index is 744. The van der Waals surface area contributed by atoms with E-state index in [1.165, 1.54) is 29.0 Å². The number of nitrogens with zero attached hydrogens (tertiary/aromatic N) is 2. The summed E-state index contributed by atoms with van der Waals surface area (Å²) >= 11 is 1.26. The molecule has 0 unspecified atom stereocenters. The molecule has 0 saturated carbocycles. The van der Waals surface area contributed by atoms with Crippen molar-refractivity contribution in [2.45, 2.75) is 44.6 Å². The van der Waals surface area contributed by atoms with Crippen LogP contribution in [0.1, 0.15) is 48.8 Å². The Labute approximate surface area is 134 Å². The number of carbonyl (C=O) groups excluding carboxylic acids is 1. The molecule has 2 rings (SSSR count). The molecule has 0 aliphatic rings. The van der Waals surface area contributed by atoms with Gasteiger partial charge >= 0.3 is 0 Å². The number of sulfonamides is 1. The number of hydrogen-bond acceptors (Lipinski definition) is 5. The van der Waals surface area contributed by atoms with Gasteiger partial charge in [0, 0.05) is 11.1 Å². The quantitative estimate of drug-likeness (QED) is 0.876. The van der Waals surface area contributed by atoms with E-state index in [1.54, 1.807) is 17.0 Å². The fourth-order valence-corrected chi connectivity index (χ4v) is 4.28. The number of aromatic nitrogens is 2. The summed E-state index contributed by atoms with van der Waals surface area (Å²) in [5.41, 5.74) is 0.956. The normalized spacial score (nSPS) is 11.8. The van der Waals surface area contributed by atoms with Crippen LogP contribution in [0.15, 0.2) is 27.9 Å². The van der Waals surface area contributed by atoms with Crippen LogP contribution in [0.2, 0.25) is 0 Å². The number of carbonyl (C=O) groups is 1.